The fourth-order valence-corrected chi connectivity index (χ4v) is 1.88. The first-order valence-corrected chi connectivity index (χ1v) is 6.47. The number of ether oxygens (including phenoxy) is 2. The minimum absolute atomic E-state index is 0.437. The molecular weight excluding hydrogens is 282 g/mol. The van der Waals surface area contributed by atoms with E-state index < -0.39 is 6.03 Å². The number of carbonyl (C=O) groups excluding carboxylic acids is 1. The summed E-state index contributed by atoms with van der Waals surface area (Å²) in [6, 6.07) is 13.3. The number of amides is 2. The summed E-state index contributed by atoms with van der Waals surface area (Å²) >= 11 is 0. The molecule has 2 amide bonds. The molecule has 2 N–H and O–H groups in total. The van der Waals surface area contributed by atoms with Gasteiger partial charge in [0, 0.05) is 5.69 Å². The highest BCUT2D eigenvalue weighted by Gasteiger charge is 2.13. The number of urea groups is 1. The Balaban J connectivity index is 2.13. The third-order valence-electron chi connectivity index (χ3n) is 2.94. The topological polar surface area (TPSA) is 83.4 Å². The van der Waals surface area contributed by atoms with Gasteiger partial charge < -0.3 is 20.1 Å². The Hall–Kier alpha value is -3.20. The maximum absolute atomic E-state index is 12.1. The lowest BCUT2D eigenvalue weighted by Crippen LogP contribution is -2.20. The number of rotatable bonds is 4. The van der Waals surface area contributed by atoms with E-state index in [-0.39, 0.29) is 0 Å². The molecule has 0 heterocycles. The molecule has 2 aromatic rings. The molecule has 0 unspecified atom stereocenters. The molecule has 112 valence electrons. The zero-order valence-corrected chi connectivity index (χ0v) is 12.2. The van der Waals surface area contributed by atoms with Gasteiger partial charge in [-0.15, -0.1) is 0 Å². The number of nitriles is 1. The number of benzene rings is 2. The van der Waals surface area contributed by atoms with E-state index in [0.29, 0.717) is 28.4 Å². The van der Waals surface area contributed by atoms with Crippen LogP contribution in [0.2, 0.25) is 0 Å². The van der Waals surface area contributed by atoms with Crippen molar-refractivity contribution in [1.29, 1.82) is 5.26 Å². The van der Waals surface area contributed by atoms with Crippen LogP contribution in [-0.4, -0.2) is 20.3 Å². The van der Waals surface area contributed by atoms with Gasteiger partial charge in [-0.1, -0.05) is 6.07 Å². The van der Waals surface area contributed by atoms with Gasteiger partial charge in [0.05, 0.1) is 25.9 Å². The molecule has 22 heavy (non-hydrogen) atoms. The zero-order chi connectivity index (χ0) is 15.9. The third-order valence-corrected chi connectivity index (χ3v) is 2.94. The lowest BCUT2D eigenvalue weighted by molar-refractivity contribution is 0.262. The highest BCUT2D eigenvalue weighted by atomic mass is 16.5. The molecule has 0 fully saturated rings. The normalized spacial score (nSPS) is 9.50. The molecule has 0 saturated heterocycles. The van der Waals surface area contributed by atoms with Crippen molar-refractivity contribution in [3.63, 3.8) is 0 Å². The van der Waals surface area contributed by atoms with Gasteiger partial charge in [0.25, 0.3) is 0 Å². The third kappa shape index (κ3) is 3.46. The summed E-state index contributed by atoms with van der Waals surface area (Å²) < 4.78 is 10.4. The van der Waals surface area contributed by atoms with E-state index in [1.54, 1.807) is 42.5 Å². The predicted octanol–water partition coefficient (Wildman–Crippen LogP) is 3.22. The van der Waals surface area contributed by atoms with Crippen molar-refractivity contribution in [2.24, 2.45) is 0 Å². The number of methoxy groups -OCH3 is 2. The fraction of sp³-hybridized carbons (Fsp3) is 0.125. The van der Waals surface area contributed by atoms with Crippen LogP contribution in [0.3, 0.4) is 0 Å². The molecule has 0 aliphatic rings. The minimum atomic E-state index is -0.437. The van der Waals surface area contributed by atoms with Crippen LogP contribution in [0.25, 0.3) is 0 Å². The maximum atomic E-state index is 12.1. The lowest BCUT2D eigenvalue weighted by Gasteiger charge is -2.14. The Morgan fingerprint density at radius 2 is 1.59 bits per heavy atom. The van der Waals surface area contributed by atoms with E-state index in [0.717, 1.165) is 0 Å². The van der Waals surface area contributed by atoms with Crippen molar-refractivity contribution in [3.05, 3.63) is 48.0 Å². The van der Waals surface area contributed by atoms with Gasteiger partial charge in [0.1, 0.15) is 17.2 Å². The van der Waals surface area contributed by atoms with Gasteiger partial charge in [0.15, 0.2) is 0 Å². The molecule has 0 spiro atoms. The van der Waals surface area contributed by atoms with Crippen molar-refractivity contribution in [2.45, 2.75) is 0 Å². The van der Waals surface area contributed by atoms with Crippen LogP contribution in [0.5, 0.6) is 11.5 Å². The van der Waals surface area contributed by atoms with Crippen molar-refractivity contribution in [1.82, 2.24) is 0 Å². The van der Waals surface area contributed by atoms with Crippen molar-refractivity contribution >= 4 is 17.4 Å². The number of hydrogen-bond donors (Lipinski definition) is 2. The first-order chi connectivity index (χ1) is 10.7. The SMILES string of the molecule is COc1cccc(OC)c1NC(=O)Nc1ccc(C#N)cc1. The number of para-hydroxylation sites is 1. The molecule has 0 aliphatic heterocycles. The molecule has 0 atom stereocenters. The summed E-state index contributed by atoms with van der Waals surface area (Å²) in [6.07, 6.45) is 0. The summed E-state index contributed by atoms with van der Waals surface area (Å²) in [4.78, 5) is 12.1. The van der Waals surface area contributed by atoms with Crippen LogP contribution < -0.4 is 20.1 Å². The fourth-order valence-electron chi connectivity index (χ4n) is 1.88. The molecule has 0 aromatic heterocycles. The van der Waals surface area contributed by atoms with E-state index >= 15 is 0 Å². The van der Waals surface area contributed by atoms with Gasteiger partial charge >= 0.3 is 6.03 Å². The molecule has 0 radical (unpaired) electrons. The highest BCUT2D eigenvalue weighted by Crippen LogP contribution is 2.34. The molecule has 2 rings (SSSR count). The van der Waals surface area contributed by atoms with Crippen molar-refractivity contribution in [3.8, 4) is 17.6 Å². The van der Waals surface area contributed by atoms with Crippen LogP contribution in [0.1, 0.15) is 5.56 Å². The number of carbonyl (C=O) groups is 1. The smallest absolute Gasteiger partial charge is 0.323 e. The van der Waals surface area contributed by atoms with Gasteiger partial charge in [0.2, 0.25) is 0 Å². The average molecular weight is 297 g/mol. The van der Waals surface area contributed by atoms with E-state index in [4.69, 9.17) is 14.7 Å². The standard InChI is InChI=1S/C16H15N3O3/c1-21-13-4-3-5-14(22-2)15(13)19-16(20)18-12-8-6-11(10-17)7-9-12/h3-9H,1-2H3,(H2,18,19,20). The average Bonchev–Trinajstić information content (AvgIpc) is 2.55. The summed E-state index contributed by atoms with van der Waals surface area (Å²) in [5.41, 5.74) is 1.54. The van der Waals surface area contributed by atoms with Crippen LogP contribution >= 0.6 is 0 Å². The summed E-state index contributed by atoms with van der Waals surface area (Å²) in [6.45, 7) is 0. The Labute approximate surface area is 128 Å². The largest absolute Gasteiger partial charge is 0.494 e. The Kier molecular flexibility index (Phi) is 4.83. The Morgan fingerprint density at radius 1 is 1.00 bits per heavy atom. The Bertz CT molecular complexity index is 683. The highest BCUT2D eigenvalue weighted by molar-refractivity contribution is 6.01. The zero-order valence-electron chi connectivity index (χ0n) is 12.2. The maximum Gasteiger partial charge on any atom is 0.323 e. The van der Waals surface area contributed by atoms with Crippen LogP contribution in [0.15, 0.2) is 42.5 Å². The van der Waals surface area contributed by atoms with Crippen LogP contribution in [0, 0.1) is 11.3 Å². The van der Waals surface area contributed by atoms with E-state index in [1.807, 2.05) is 6.07 Å². The van der Waals surface area contributed by atoms with E-state index in [2.05, 4.69) is 10.6 Å². The first-order valence-electron chi connectivity index (χ1n) is 6.47. The van der Waals surface area contributed by atoms with Gasteiger partial charge in [-0.05, 0) is 36.4 Å². The molecule has 2 aromatic carbocycles. The van der Waals surface area contributed by atoms with E-state index in [1.165, 1.54) is 14.2 Å². The second-order valence-corrected chi connectivity index (χ2v) is 4.31. The quantitative estimate of drug-likeness (QED) is 0.907. The predicted molar refractivity (Wildman–Crippen MR) is 83.3 cm³/mol. The molecule has 0 saturated carbocycles. The first kappa shape index (κ1) is 15.2. The molecule has 0 bridgehead atoms. The second kappa shape index (κ2) is 6.99. The molecule has 6 heteroatoms. The van der Waals surface area contributed by atoms with Gasteiger partial charge in [-0.2, -0.15) is 5.26 Å². The summed E-state index contributed by atoms with van der Waals surface area (Å²) in [5.74, 6) is 0.989. The molecule has 6 nitrogen and oxygen atoms in total. The number of nitrogens with zero attached hydrogens (tertiary/aromatic N) is 1. The van der Waals surface area contributed by atoms with Crippen molar-refractivity contribution in [2.75, 3.05) is 24.9 Å². The minimum Gasteiger partial charge on any atom is -0.494 e. The lowest BCUT2D eigenvalue weighted by atomic mass is 10.2. The van der Waals surface area contributed by atoms with Crippen LogP contribution in [-0.2, 0) is 0 Å². The number of hydrogen-bond acceptors (Lipinski definition) is 4. The van der Waals surface area contributed by atoms with Gasteiger partial charge in [-0.3, -0.25) is 0 Å². The number of nitrogens with one attached hydrogen (secondary N) is 2. The molecule has 0 aliphatic carbocycles. The summed E-state index contributed by atoms with van der Waals surface area (Å²) in [7, 11) is 3.02. The van der Waals surface area contributed by atoms with E-state index in [9.17, 15) is 4.79 Å². The molecular formula is C16H15N3O3. The van der Waals surface area contributed by atoms with Gasteiger partial charge in [-0.25, -0.2) is 4.79 Å². The summed E-state index contributed by atoms with van der Waals surface area (Å²) in [5, 5.41) is 14.1. The number of anilines is 2. The monoisotopic (exact) mass is 297 g/mol. The Morgan fingerprint density at radius 3 is 2.09 bits per heavy atom. The second-order valence-electron chi connectivity index (χ2n) is 4.31. The van der Waals surface area contributed by atoms with Crippen LogP contribution in [0.4, 0.5) is 16.2 Å². The van der Waals surface area contributed by atoms with Crippen molar-refractivity contribution < 1.29 is 14.3 Å².